The maximum atomic E-state index is 14.5. The molecule has 4 rings (SSSR count). The standard InChI is InChI=1S/C24H25FN3/c1-26(2)20-11-9-17-13-18-10-12-21(27(3)4)15-24(18)28(23(17)14-20)16-19-7-5-6-8-22(19)25/h5-15H,16H2,1-4H3/q+1. The molecule has 0 saturated carbocycles. The molecule has 1 heterocycles. The monoisotopic (exact) mass is 374 g/mol. The first-order valence-corrected chi connectivity index (χ1v) is 9.42. The zero-order chi connectivity index (χ0) is 19.8. The van der Waals surface area contributed by atoms with Crippen molar-refractivity contribution in [1.82, 2.24) is 0 Å². The number of aromatic nitrogens is 1. The van der Waals surface area contributed by atoms with Crippen molar-refractivity contribution in [1.29, 1.82) is 0 Å². The van der Waals surface area contributed by atoms with E-state index in [0.717, 1.165) is 33.2 Å². The molecule has 0 amide bonds. The van der Waals surface area contributed by atoms with E-state index in [1.165, 1.54) is 6.07 Å². The summed E-state index contributed by atoms with van der Waals surface area (Å²) in [5.74, 6) is -0.173. The lowest BCUT2D eigenvalue weighted by Gasteiger charge is -2.15. The molecular weight excluding hydrogens is 349 g/mol. The van der Waals surface area contributed by atoms with Crippen molar-refractivity contribution in [3.8, 4) is 0 Å². The smallest absolute Gasteiger partial charge is 0.215 e. The van der Waals surface area contributed by atoms with E-state index >= 15 is 0 Å². The Kier molecular flexibility index (Phi) is 4.63. The van der Waals surface area contributed by atoms with E-state index in [0.29, 0.717) is 12.1 Å². The number of pyridine rings is 1. The molecule has 0 radical (unpaired) electrons. The van der Waals surface area contributed by atoms with E-state index < -0.39 is 0 Å². The average Bonchev–Trinajstić information content (AvgIpc) is 2.68. The molecule has 3 aromatic carbocycles. The average molecular weight is 374 g/mol. The van der Waals surface area contributed by atoms with E-state index in [1.807, 2.05) is 40.3 Å². The minimum absolute atomic E-state index is 0.173. The molecule has 0 bridgehead atoms. The minimum Gasteiger partial charge on any atom is -0.377 e. The molecule has 0 aliphatic rings. The van der Waals surface area contributed by atoms with Crippen molar-refractivity contribution >= 4 is 33.2 Å². The predicted molar refractivity (Wildman–Crippen MR) is 116 cm³/mol. The van der Waals surface area contributed by atoms with Crippen molar-refractivity contribution in [3.05, 3.63) is 78.1 Å². The van der Waals surface area contributed by atoms with Gasteiger partial charge in [-0.15, -0.1) is 0 Å². The number of benzene rings is 3. The lowest BCUT2D eigenvalue weighted by molar-refractivity contribution is -0.636. The maximum absolute atomic E-state index is 14.5. The number of hydrogen-bond acceptors (Lipinski definition) is 2. The van der Waals surface area contributed by atoms with Crippen molar-refractivity contribution < 1.29 is 8.96 Å². The summed E-state index contributed by atoms with van der Waals surface area (Å²) in [5.41, 5.74) is 5.12. The number of nitrogens with zero attached hydrogens (tertiary/aromatic N) is 3. The van der Waals surface area contributed by atoms with Crippen LogP contribution in [-0.2, 0) is 6.54 Å². The van der Waals surface area contributed by atoms with Crippen LogP contribution in [0.3, 0.4) is 0 Å². The fraction of sp³-hybridized carbons (Fsp3) is 0.208. The second kappa shape index (κ2) is 7.12. The Hall–Kier alpha value is -3.14. The molecule has 28 heavy (non-hydrogen) atoms. The Morgan fingerprint density at radius 2 is 1.25 bits per heavy atom. The summed E-state index contributed by atoms with van der Waals surface area (Å²) in [6.45, 7) is 0.480. The van der Waals surface area contributed by atoms with Gasteiger partial charge in [0.1, 0.15) is 5.82 Å². The van der Waals surface area contributed by atoms with E-state index in [1.54, 1.807) is 6.07 Å². The van der Waals surface area contributed by atoms with Crippen LogP contribution in [0, 0.1) is 5.82 Å². The minimum atomic E-state index is -0.173. The van der Waals surface area contributed by atoms with Gasteiger partial charge in [-0.2, -0.15) is 4.57 Å². The summed E-state index contributed by atoms with van der Waals surface area (Å²) in [5, 5.41) is 2.29. The molecule has 3 nitrogen and oxygen atoms in total. The molecule has 4 heteroatoms. The maximum Gasteiger partial charge on any atom is 0.215 e. The van der Waals surface area contributed by atoms with Crippen molar-refractivity contribution in [2.45, 2.75) is 6.54 Å². The second-order valence-electron chi connectivity index (χ2n) is 7.60. The second-order valence-corrected chi connectivity index (χ2v) is 7.60. The normalized spacial score (nSPS) is 11.2. The van der Waals surface area contributed by atoms with Crippen LogP contribution in [0.4, 0.5) is 15.8 Å². The summed E-state index contributed by atoms with van der Waals surface area (Å²) in [6, 6.07) is 22.1. The van der Waals surface area contributed by atoms with Gasteiger partial charge in [0.25, 0.3) is 0 Å². The van der Waals surface area contributed by atoms with Crippen LogP contribution < -0.4 is 14.4 Å². The van der Waals surface area contributed by atoms with Crippen LogP contribution in [0.15, 0.2) is 66.7 Å². The Morgan fingerprint density at radius 1 is 0.714 bits per heavy atom. The first-order chi connectivity index (χ1) is 13.4. The lowest BCUT2D eigenvalue weighted by Crippen LogP contribution is -2.37. The summed E-state index contributed by atoms with van der Waals surface area (Å²) in [6.07, 6.45) is 0. The van der Waals surface area contributed by atoms with Crippen LogP contribution >= 0.6 is 0 Å². The van der Waals surface area contributed by atoms with Crippen LogP contribution in [0.25, 0.3) is 21.8 Å². The largest absolute Gasteiger partial charge is 0.377 e. The number of rotatable bonds is 4. The van der Waals surface area contributed by atoms with Crippen molar-refractivity contribution in [2.75, 3.05) is 38.0 Å². The summed E-state index contributed by atoms with van der Waals surface area (Å²) in [7, 11) is 8.14. The van der Waals surface area contributed by atoms with Crippen LogP contribution in [0.5, 0.6) is 0 Å². The van der Waals surface area contributed by atoms with E-state index in [9.17, 15) is 4.39 Å². The molecule has 142 valence electrons. The van der Waals surface area contributed by atoms with Gasteiger partial charge in [-0.25, -0.2) is 4.39 Å². The zero-order valence-electron chi connectivity index (χ0n) is 16.8. The first-order valence-electron chi connectivity index (χ1n) is 9.42. The summed E-state index contributed by atoms with van der Waals surface area (Å²) >= 11 is 0. The van der Waals surface area contributed by atoms with Gasteiger partial charge >= 0.3 is 0 Å². The van der Waals surface area contributed by atoms with Crippen molar-refractivity contribution in [2.24, 2.45) is 0 Å². The Balaban J connectivity index is 2.04. The molecule has 0 unspecified atom stereocenters. The van der Waals surface area contributed by atoms with Gasteiger partial charge in [0, 0.05) is 62.5 Å². The highest BCUT2D eigenvalue weighted by atomic mass is 19.1. The van der Waals surface area contributed by atoms with Gasteiger partial charge in [0.2, 0.25) is 11.0 Å². The number of anilines is 2. The van der Waals surface area contributed by atoms with Gasteiger partial charge in [-0.05, 0) is 42.5 Å². The highest BCUT2D eigenvalue weighted by Crippen LogP contribution is 2.26. The fourth-order valence-corrected chi connectivity index (χ4v) is 3.60. The molecule has 0 fully saturated rings. The number of halogens is 1. The molecule has 0 aliphatic carbocycles. The lowest BCUT2D eigenvalue weighted by atomic mass is 10.1. The quantitative estimate of drug-likeness (QED) is 0.382. The number of fused-ring (bicyclic) bond motifs is 2. The molecular formula is C24H25FN3+. The van der Waals surface area contributed by atoms with E-state index in [-0.39, 0.29) is 5.82 Å². The van der Waals surface area contributed by atoms with E-state index in [2.05, 4.69) is 56.8 Å². The third-order valence-corrected chi connectivity index (χ3v) is 5.24. The summed E-state index contributed by atoms with van der Waals surface area (Å²) < 4.78 is 16.7. The van der Waals surface area contributed by atoms with Gasteiger partial charge in [-0.3, -0.25) is 0 Å². The van der Waals surface area contributed by atoms with Gasteiger partial charge < -0.3 is 9.80 Å². The Labute approximate surface area is 165 Å². The van der Waals surface area contributed by atoms with Crippen LogP contribution in [0.1, 0.15) is 5.56 Å². The third-order valence-electron chi connectivity index (χ3n) is 5.24. The Bertz CT molecular complexity index is 1100. The number of hydrogen-bond donors (Lipinski definition) is 0. The Morgan fingerprint density at radius 3 is 1.75 bits per heavy atom. The van der Waals surface area contributed by atoms with Crippen LogP contribution in [0.2, 0.25) is 0 Å². The molecule has 0 saturated heterocycles. The topological polar surface area (TPSA) is 10.4 Å². The molecule has 0 spiro atoms. The molecule has 0 aliphatic heterocycles. The molecule has 0 N–H and O–H groups in total. The van der Waals surface area contributed by atoms with Gasteiger partial charge in [0.15, 0.2) is 6.54 Å². The molecule has 1 aromatic heterocycles. The van der Waals surface area contributed by atoms with Gasteiger partial charge in [-0.1, -0.05) is 12.1 Å². The van der Waals surface area contributed by atoms with Crippen molar-refractivity contribution in [3.63, 3.8) is 0 Å². The van der Waals surface area contributed by atoms with E-state index in [4.69, 9.17) is 0 Å². The van der Waals surface area contributed by atoms with Gasteiger partial charge in [0.05, 0.1) is 5.56 Å². The highest BCUT2D eigenvalue weighted by Gasteiger charge is 2.19. The predicted octanol–water partition coefficient (Wildman–Crippen LogP) is 4.60. The summed E-state index contributed by atoms with van der Waals surface area (Å²) in [4.78, 5) is 4.18. The van der Waals surface area contributed by atoms with Crippen LogP contribution in [-0.4, -0.2) is 28.2 Å². The first kappa shape index (κ1) is 18.2. The fourth-order valence-electron chi connectivity index (χ4n) is 3.60. The third kappa shape index (κ3) is 3.26. The highest BCUT2D eigenvalue weighted by molar-refractivity contribution is 5.91. The SMILES string of the molecule is CN(C)c1ccc2cc3ccc(N(C)C)cc3[n+](Cc3ccccc3F)c2c1. The molecule has 4 aromatic rings. The molecule has 0 atom stereocenters. The zero-order valence-corrected chi connectivity index (χ0v) is 16.8.